The minimum Gasteiger partial charge on any atom is -0.394 e. The molecule has 3 aliphatic rings. The van der Waals surface area contributed by atoms with Gasteiger partial charge in [-0.15, -0.1) is 0 Å². The summed E-state index contributed by atoms with van der Waals surface area (Å²) in [5.41, 5.74) is 0. The van der Waals surface area contributed by atoms with Gasteiger partial charge in [-0.1, -0.05) is 0 Å². The fraction of sp³-hybridized carbons (Fsp3) is 0.917. The molecule has 3 fully saturated rings. The van der Waals surface area contributed by atoms with E-state index in [0.29, 0.717) is 11.8 Å². The number of hydrogen-bond donors (Lipinski definition) is 1. The molecule has 2 saturated carbocycles. The topological polar surface area (TPSA) is 40.5 Å². The molecule has 0 radical (unpaired) electrons. The van der Waals surface area contributed by atoms with Gasteiger partial charge >= 0.3 is 0 Å². The molecule has 3 nitrogen and oxygen atoms in total. The molecule has 2 aliphatic carbocycles. The SMILES string of the molecule is O=C(C1CC2CC2C1)N1CCC[C@H]1CO. The first-order chi connectivity index (χ1) is 7.29. The smallest absolute Gasteiger partial charge is 0.226 e. The van der Waals surface area contributed by atoms with Gasteiger partial charge in [0, 0.05) is 12.5 Å². The monoisotopic (exact) mass is 209 g/mol. The highest BCUT2D eigenvalue weighted by Gasteiger charge is 2.49. The lowest BCUT2D eigenvalue weighted by molar-refractivity contribution is -0.137. The molecule has 0 aromatic heterocycles. The number of amides is 1. The second kappa shape index (κ2) is 3.48. The average Bonchev–Trinajstić information content (AvgIpc) is 2.72. The summed E-state index contributed by atoms with van der Waals surface area (Å²) in [5, 5.41) is 9.20. The number of carbonyl (C=O) groups is 1. The van der Waals surface area contributed by atoms with Crippen molar-refractivity contribution in [2.75, 3.05) is 13.2 Å². The number of aliphatic hydroxyl groups excluding tert-OH is 1. The summed E-state index contributed by atoms with van der Waals surface area (Å²) in [6, 6.07) is 0.120. The molecule has 15 heavy (non-hydrogen) atoms. The van der Waals surface area contributed by atoms with Crippen molar-refractivity contribution in [3.05, 3.63) is 0 Å². The minimum absolute atomic E-state index is 0.120. The van der Waals surface area contributed by atoms with Crippen LogP contribution in [-0.4, -0.2) is 35.1 Å². The number of rotatable bonds is 2. The van der Waals surface area contributed by atoms with Crippen LogP contribution in [-0.2, 0) is 4.79 Å². The standard InChI is InChI=1S/C12H19NO2/c14-7-11-2-1-3-13(11)12(15)10-5-8-4-9(8)6-10/h8-11,14H,1-7H2/t8?,9?,10?,11-/m0/s1. The van der Waals surface area contributed by atoms with Gasteiger partial charge in [0.1, 0.15) is 0 Å². The fourth-order valence-corrected chi connectivity index (χ4v) is 3.47. The van der Waals surface area contributed by atoms with Crippen LogP contribution >= 0.6 is 0 Å². The van der Waals surface area contributed by atoms with E-state index in [-0.39, 0.29) is 12.6 Å². The molecule has 3 heteroatoms. The van der Waals surface area contributed by atoms with Crippen LogP contribution in [0.2, 0.25) is 0 Å². The summed E-state index contributed by atoms with van der Waals surface area (Å²) >= 11 is 0. The van der Waals surface area contributed by atoms with Crippen molar-refractivity contribution in [1.29, 1.82) is 0 Å². The Bertz CT molecular complexity index is 269. The molecule has 0 aromatic carbocycles. The second-order valence-electron chi connectivity index (χ2n) is 5.43. The van der Waals surface area contributed by atoms with Gasteiger partial charge in [0.05, 0.1) is 12.6 Å². The van der Waals surface area contributed by atoms with E-state index < -0.39 is 0 Å². The van der Waals surface area contributed by atoms with Crippen LogP contribution in [0.25, 0.3) is 0 Å². The Balaban J connectivity index is 1.63. The number of hydrogen-bond acceptors (Lipinski definition) is 2. The van der Waals surface area contributed by atoms with Crippen LogP contribution in [0.5, 0.6) is 0 Å². The molecule has 1 heterocycles. The fourth-order valence-electron chi connectivity index (χ4n) is 3.47. The maximum absolute atomic E-state index is 12.2. The molecule has 3 atom stereocenters. The summed E-state index contributed by atoms with van der Waals surface area (Å²) in [4.78, 5) is 14.1. The molecule has 0 aromatic rings. The minimum atomic E-state index is 0.120. The zero-order valence-electron chi connectivity index (χ0n) is 9.06. The zero-order valence-corrected chi connectivity index (χ0v) is 9.06. The Hall–Kier alpha value is -0.570. The van der Waals surface area contributed by atoms with Crippen LogP contribution in [0.15, 0.2) is 0 Å². The van der Waals surface area contributed by atoms with Gasteiger partial charge in [0.15, 0.2) is 0 Å². The molecule has 1 N–H and O–H groups in total. The zero-order chi connectivity index (χ0) is 10.4. The Morgan fingerprint density at radius 1 is 1.27 bits per heavy atom. The molecule has 1 amide bonds. The van der Waals surface area contributed by atoms with Crippen LogP contribution in [0.4, 0.5) is 0 Å². The van der Waals surface area contributed by atoms with Crippen LogP contribution in [0.3, 0.4) is 0 Å². The predicted molar refractivity (Wildman–Crippen MR) is 56.1 cm³/mol. The highest BCUT2D eigenvalue weighted by atomic mass is 16.3. The molecular weight excluding hydrogens is 190 g/mol. The van der Waals surface area contributed by atoms with E-state index in [4.69, 9.17) is 0 Å². The molecule has 3 rings (SSSR count). The van der Waals surface area contributed by atoms with Gasteiger partial charge in [0.2, 0.25) is 5.91 Å². The van der Waals surface area contributed by atoms with E-state index in [1.165, 1.54) is 6.42 Å². The van der Waals surface area contributed by atoms with E-state index in [0.717, 1.165) is 44.1 Å². The van der Waals surface area contributed by atoms with Crippen molar-refractivity contribution in [1.82, 2.24) is 4.90 Å². The molecular formula is C12H19NO2. The van der Waals surface area contributed by atoms with Crippen LogP contribution in [0.1, 0.15) is 32.1 Å². The van der Waals surface area contributed by atoms with Crippen molar-refractivity contribution in [3.63, 3.8) is 0 Å². The number of carbonyl (C=O) groups excluding carboxylic acids is 1. The van der Waals surface area contributed by atoms with Crippen molar-refractivity contribution in [3.8, 4) is 0 Å². The van der Waals surface area contributed by atoms with Crippen molar-refractivity contribution < 1.29 is 9.90 Å². The maximum atomic E-state index is 12.2. The van der Waals surface area contributed by atoms with Gasteiger partial charge in [-0.2, -0.15) is 0 Å². The first-order valence-electron chi connectivity index (χ1n) is 6.21. The maximum Gasteiger partial charge on any atom is 0.226 e. The lowest BCUT2D eigenvalue weighted by Gasteiger charge is -2.26. The Morgan fingerprint density at radius 2 is 2.00 bits per heavy atom. The van der Waals surface area contributed by atoms with Gasteiger partial charge in [0.25, 0.3) is 0 Å². The largest absolute Gasteiger partial charge is 0.394 e. The number of fused-ring (bicyclic) bond motifs is 1. The Labute approximate surface area is 90.5 Å². The third-order valence-electron chi connectivity index (χ3n) is 4.46. The summed E-state index contributed by atoms with van der Waals surface area (Å²) in [6.07, 6.45) is 5.67. The lowest BCUT2D eigenvalue weighted by atomic mass is 10.0. The van der Waals surface area contributed by atoms with E-state index in [9.17, 15) is 9.90 Å². The van der Waals surface area contributed by atoms with Crippen LogP contribution in [0, 0.1) is 17.8 Å². The van der Waals surface area contributed by atoms with E-state index >= 15 is 0 Å². The quantitative estimate of drug-likeness (QED) is 0.737. The Kier molecular flexibility index (Phi) is 2.23. The van der Waals surface area contributed by atoms with Gasteiger partial charge in [-0.25, -0.2) is 0 Å². The van der Waals surface area contributed by atoms with Crippen LogP contribution < -0.4 is 0 Å². The molecule has 0 spiro atoms. The molecule has 0 bridgehead atoms. The van der Waals surface area contributed by atoms with E-state index in [1.54, 1.807) is 0 Å². The number of nitrogens with zero attached hydrogens (tertiary/aromatic N) is 1. The van der Waals surface area contributed by atoms with Crippen molar-refractivity contribution in [2.45, 2.75) is 38.1 Å². The highest BCUT2D eigenvalue weighted by molar-refractivity contribution is 5.80. The number of aliphatic hydroxyl groups is 1. The third kappa shape index (κ3) is 1.57. The van der Waals surface area contributed by atoms with Crippen molar-refractivity contribution >= 4 is 5.91 Å². The normalized spacial score (nSPS) is 43.1. The van der Waals surface area contributed by atoms with Crippen molar-refractivity contribution in [2.24, 2.45) is 17.8 Å². The molecule has 2 unspecified atom stereocenters. The summed E-state index contributed by atoms with van der Waals surface area (Å²) < 4.78 is 0. The summed E-state index contributed by atoms with van der Waals surface area (Å²) in [5.74, 6) is 2.36. The number of likely N-dealkylation sites (tertiary alicyclic amines) is 1. The molecule has 1 saturated heterocycles. The third-order valence-corrected chi connectivity index (χ3v) is 4.46. The summed E-state index contributed by atoms with van der Waals surface area (Å²) in [7, 11) is 0. The van der Waals surface area contributed by atoms with Gasteiger partial charge in [-0.05, 0) is 43.9 Å². The highest BCUT2D eigenvalue weighted by Crippen LogP contribution is 2.54. The molecule has 84 valence electrons. The summed E-state index contributed by atoms with van der Waals surface area (Å²) in [6.45, 7) is 1.02. The second-order valence-corrected chi connectivity index (χ2v) is 5.43. The van der Waals surface area contributed by atoms with E-state index in [2.05, 4.69) is 0 Å². The van der Waals surface area contributed by atoms with E-state index in [1.807, 2.05) is 4.90 Å². The first-order valence-corrected chi connectivity index (χ1v) is 6.21. The van der Waals surface area contributed by atoms with Gasteiger partial charge < -0.3 is 10.0 Å². The van der Waals surface area contributed by atoms with Gasteiger partial charge in [-0.3, -0.25) is 4.79 Å². The average molecular weight is 209 g/mol. The first kappa shape index (κ1) is 9.64. The molecule has 1 aliphatic heterocycles. The predicted octanol–water partition coefficient (Wildman–Crippen LogP) is 1.02. The lowest BCUT2D eigenvalue weighted by Crippen LogP contribution is -2.41. The Morgan fingerprint density at radius 3 is 2.67 bits per heavy atom.